The SMILES string of the molecule is C[Si](C)(C)c1cccc(-c2ccc(-c3ccc(-c4ccc5ccccc5c4)cc3)cc2)c1. The largest absolute Gasteiger partial charge is 0.0776 e. The molecule has 0 N–H and O–H groups in total. The molecule has 0 heterocycles. The van der Waals surface area contributed by atoms with Crippen molar-refractivity contribution in [3.63, 3.8) is 0 Å². The zero-order chi connectivity index (χ0) is 22.1. The van der Waals surface area contributed by atoms with Crippen molar-refractivity contribution in [2.24, 2.45) is 0 Å². The Bertz CT molecular complexity index is 1370. The van der Waals surface area contributed by atoms with Gasteiger partial charge in [-0.2, -0.15) is 0 Å². The Kier molecular flexibility index (Phi) is 5.28. The molecule has 0 aliphatic rings. The summed E-state index contributed by atoms with van der Waals surface area (Å²) < 4.78 is 0. The van der Waals surface area contributed by atoms with Gasteiger partial charge in [0.1, 0.15) is 0 Å². The molecule has 0 unspecified atom stereocenters. The van der Waals surface area contributed by atoms with Gasteiger partial charge in [0.2, 0.25) is 0 Å². The second-order valence-corrected chi connectivity index (χ2v) is 14.6. The van der Waals surface area contributed by atoms with Crippen LogP contribution in [-0.2, 0) is 0 Å². The second kappa shape index (κ2) is 8.25. The molecule has 5 rings (SSSR count). The van der Waals surface area contributed by atoms with E-state index < -0.39 is 8.07 Å². The van der Waals surface area contributed by atoms with Crippen molar-refractivity contribution in [3.05, 3.63) is 115 Å². The van der Waals surface area contributed by atoms with Gasteiger partial charge < -0.3 is 0 Å². The molecule has 0 aromatic heterocycles. The summed E-state index contributed by atoms with van der Waals surface area (Å²) in [6.07, 6.45) is 0. The molecule has 0 spiro atoms. The first-order chi connectivity index (χ1) is 15.5. The van der Waals surface area contributed by atoms with E-state index in [1.165, 1.54) is 49.3 Å². The monoisotopic (exact) mass is 428 g/mol. The molecule has 5 aromatic carbocycles. The molecule has 0 aliphatic heterocycles. The maximum absolute atomic E-state index is 2.40. The molecule has 156 valence electrons. The van der Waals surface area contributed by atoms with Crippen LogP contribution in [0.15, 0.2) is 115 Å². The average molecular weight is 429 g/mol. The number of hydrogen-bond donors (Lipinski definition) is 0. The third kappa shape index (κ3) is 4.17. The maximum atomic E-state index is 2.40. The normalized spacial score (nSPS) is 11.6. The minimum atomic E-state index is -1.31. The fourth-order valence-electron chi connectivity index (χ4n) is 4.24. The minimum Gasteiger partial charge on any atom is -0.0656 e. The molecule has 0 nitrogen and oxygen atoms in total. The summed E-state index contributed by atoms with van der Waals surface area (Å²) in [7, 11) is -1.31. The van der Waals surface area contributed by atoms with Gasteiger partial charge >= 0.3 is 0 Å². The van der Waals surface area contributed by atoms with E-state index in [0.717, 1.165) is 0 Å². The minimum absolute atomic E-state index is 1.25. The van der Waals surface area contributed by atoms with E-state index in [4.69, 9.17) is 0 Å². The molecule has 1 heteroatoms. The Hall–Kier alpha value is -3.42. The van der Waals surface area contributed by atoms with Crippen molar-refractivity contribution in [1.82, 2.24) is 0 Å². The second-order valence-electron chi connectivity index (χ2n) is 9.55. The molecule has 0 bridgehead atoms. The highest BCUT2D eigenvalue weighted by molar-refractivity contribution is 6.88. The summed E-state index contributed by atoms with van der Waals surface area (Å²) in [4.78, 5) is 0. The quantitative estimate of drug-likeness (QED) is 0.252. The molecule has 0 fully saturated rings. The van der Waals surface area contributed by atoms with Crippen molar-refractivity contribution < 1.29 is 0 Å². The summed E-state index contributed by atoms with van der Waals surface area (Å²) in [5.74, 6) is 0. The maximum Gasteiger partial charge on any atom is 0.0776 e. The third-order valence-corrected chi connectivity index (χ3v) is 8.29. The molecule has 0 atom stereocenters. The average Bonchev–Trinajstić information content (AvgIpc) is 2.83. The van der Waals surface area contributed by atoms with E-state index in [9.17, 15) is 0 Å². The van der Waals surface area contributed by atoms with Crippen LogP contribution in [0.3, 0.4) is 0 Å². The number of benzene rings is 5. The van der Waals surface area contributed by atoms with E-state index in [-0.39, 0.29) is 0 Å². The van der Waals surface area contributed by atoms with E-state index in [1.54, 1.807) is 0 Å². The van der Waals surface area contributed by atoms with Gasteiger partial charge in [0, 0.05) is 0 Å². The van der Waals surface area contributed by atoms with Crippen molar-refractivity contribution in [1.29, 1.82) is 0 Å². The lowest BCUT2D eigenvalue weighted by Crippen LogP contribution is -2.37. The number of rotatable bonds is 4. The van der Waals surface area contributed by atoms with Crippen LogP contribution < -0.4 is 5.19 Å². The Morgan fingerprint density at radius 1 is 0.375 bits per heavy atom. The molecule has 0 aliphatic carbocycles. The van der Waals surface area contributed by atoms with Crippen molar-refractivity contribution in [2.75, 3.05) is 0 Å². The predicted octanol–water partition coefficient (Wildman–Crippen LogP) is 8.39. The van der Waals surface area contributed by atoms with Crippen molar-refractivity contribution in [3.8, 4) is 33.4 Å². The van der Waals surface area contributed by atoms with Crippen molar-refractivity contribution >= 4 is 24.0 Å². The predicted molar refractivity (Wildman–Crippen MR) is 143 cm³/mol. The van der Waals surface area contributed by atoms with Gasteiger partial charge in [0.05, 0.1) is 8.07 Å². The lowest BCUT2D eigenvalue weighted by molar-refractivity contribution is 1.58. The first kappa shape index (κ1) is 20.5. The van der Waals surface area contributed by atoms with Gasteiger partial charge in [-0.05, 0) is 50.2 Å². The van der Waals surface area contributed by atoms with Gasteiger partial charge in [0.15, 0.2) is 0 Å². The summed E-state index contributed by atoms with van der Waals surface area (Å²) in [6, 6.07) is 42.1. The summed E-state index contributed by atoms with van der Waals surface area (Å²) in [5.41, 5.74) is 7.59. The van der Waals surface area contributed by atoms with Crippen LogP contribution in [0, 0.1) is 0 Å². The molecule has 0 saturated carbocycles. The zero-order valence-electron chi connectivity index (χ0n) is 19.0. The Labute approximate surface area is 192 Å². The van der Waals surface area contributed by atoms with E-state index in [2.05, 4.69) is 135 Å². The van der Waals surface area contributed by atoms with Gasteiger partial charge in [-0.1, -0.05) is 134 Å². The van der Waals surface area contributed by atoms with E-state index >= 15 is 0 Å². The summed E-state index contributed by atoms with van der Waals surface area (Å²) in [5, 5.41) is 4.06. The van der Waals surface area contributed by atoms with Crippen molar-refractivity contribution in [2.45, 2.75) is 19.6 Å². The molecular weight excluding hydrogens is 400 g/mol. The van der Waals surface area contributed by atoms with E-state index in [1.807, 2.05) is 0 Å². The van der Waals surface area contributed by atoms with Gasteiger partial charge in [-0.15, -0.1) is 0 Å². The lowest BCUT2D eigenvalue weighted by Gasteiger charge is -2.17. The first-order valence-electron chi connectivity index (χ1n) is 11.3. The molecule has 32 heavy (non-hydrogen) atoms. The first-order valence-corrected chi connectivity index (χ1v) is 14.8. The van der Waals surface area contributed by atoms with Crippen LogP contribution in [0.1, 0.15) is 0 Å². The van der Waals surface area contributed by atoms with Crippen LogP contribution in [0.2, 0.25) is 19.6 Å². The molecule has 5 aromatic rings. The Morgan fingerprint density at radius 2 is 0.844 bits per heavy atom. The number of fused-ring (bicyclic) bond motifs is 1. The molecule has 0 amide bonds. The zero-order valence-corrected chi connectivity index (χ0v) is 20.0. The van der Waals surface area contributed by atoms with Crippen LogP contribution >= 0.6 is 0 Å². The highest BCUT2D eigenvalue weighted by atomic mass is 28.3. The Balaban J connectivity index is 1.40. The summed E-state index contributed by atoms with van der Waals surface area (Å²) in [6.45, 7) is 7.20. The lowest BCUT2D eigenvalue weighted by atomic mass is 9.97. The fraction of sp³-hybridized carbons (Fsp3) is 0.0968. The topological polar surface area (TPSA) is 0 Å². The van der Waals surface area contributed by atoms with Gasteiger partial charge in [0.25, 0.3) is 0 Å². The third-order valence-electron chi connectivity index (χ3n) is 6.25. The molecular formula is C31H28Si. The van der Waals surface area contributed by atoms with Crippen LogP contribution in [0.5, 0.6) is 0 Å². The standard InChI is InChI=1S/C31H28Si/c1-32(2,3)31-10-6-9-29(22-31)26-15-11-24(12-16-26)25-13-17-27(18-14-25)30-20-19-23-7-4-5-8-28(23)21-30/h4-22H,1-3H3. The number of hydrogen-bond acceptors (Lipinski definition) is 0. The van der Waals surface area contributed by atoms with Crippen LogP contribution in [0.25, 0.3) is 44.2 Å². The molecule has 0 saturated heterocycles. The van der Waals surface area contributed by atoms with Crippen LogP contribution in [-0.4, -0.2) is 8.07 Å². The van der Waals surface area contributed by atoms with E-state index in [0.29, 0.717) is 0 Å². The smallest absolute Gasteiger partial charge is 0.0656 e. The highest BCUT2D eigenvalue weighted by Gasteiger charge is 2.16. The van der Waals surface area contributed by atoms with Crippen LogP contribution in [0.4, 0.5) is 0 Å². The summed E-state index contributed by atoms with van der Waals surface area (Å²) >= 11 is 0. The Morgan fingerprint density at radius 3 is 1.41 bits per heavy atom. The van der Waals surface area contributed by atoms with Gasteiger partial charge in [-0.25, -0.2) is 0 Å². The highest BCUT2D eigenvalue weighted by Crippen LogP contribution is 2.29. The molecule has 0 radical (unpaired) electrons. The fourth-order valence-corrected chi connectivity index (χ4v) is 5.43. The van der Waals surface area contributed by atoms with Gasteiger partial charge in [-0.3, -0.25) is 0 Å².